The predicted octanol–water partition coefficient (Wildman–Crippen LogP) is 2.72. The van der Waals surface area contributed by atoms with Crippen molar-refractivity contribution in [1.29, 1.82) is 0 Å². The minimum Gasteiger partial charge on any atom is -0.353 e. The second-order valence-electron chi connectivity index (χ2n) is 7.38. The van der Waals surface area contributed by atoms with Crippen molar-refractivity contribution in [3.05, 3.63) is 11.1 Å². The molecule has 0 aromatic heterocycles. The molecule has 0 amide bonds. The maximum absolute atomic E-state index is 10.2. The maximum Gasteiger partial charge on any atom is 0.223 e. The summed E-state index contributed by atoms with van der Waals surface area (Å²) >= 11 is 0. The third-order valence-corrected chi connectivity index (χ3v) is 3.11. The molecule has 114 valence electrons. The van der Waals surface area contributed by atoms with Gasteiger partial charge in [-0.2, -0.15) is 0 Å². The lowest BCUT2D eigenvalue weighted by molar-refractivity contribution is -0.261. The number of ether oxygens (including phenoxy) is 1. The monoisotopic (exact) mass is 272 g/mol. The van der Waals surface area contributed by atoms with Gasteiger partial charge in [-0.25, -0.2) is 5.32 Å². The summed E-state index contributed by atoms with van der Waals surface area (Å²) in [5, 5.41) is 13.1. The van der Waals surface area contributed by atoms with E-state index < -0.39 is 17.7 Å². The van der Waals surface area contributed by atoms with E-state index in [1.807, 2.05) is 27.7 Å². The Morgan fingerprint density at radius 1 is 1.05 bits per heavy atom. The van der Waals surface area contributed by atoms with Gasteiger partial charge in [-0.1, -0.05) is 26.3 Å². The van der Waals surface area contributed by atoms with Gasteiger partial charge in [-0.3, -0.25) is 0 Å². The van der Waals surface area contributed by atoms with Crippen LogP contribution in [0.5, 0.6) is 0 Å². The van der Waals surface area contributed by atoms with E-state index in [0.29, 0.717) is 0 Å². The lowest BCUT2D eigenvalue weighted by Gasteiger charge is -2.36. The molecule has 4 heteroatoms. The second kappa shape index (κ2) is 5.92. The minimum absolute atomic E-state index is 0.0557. The zero-order chi connectivity index (χ0) is 15.6. The highest BCUT2D eigenvalue weighted by Gasteiger charge is 2.30. The molecule has 0 heterocycles. The van der Waals surface area contributed by atoms with Crippen LogP contribution in [0.4, 0.5) is 0 Å². The second-order valence-corrected chi connectivity index (χ2v) is 7.38. The summed E-state index contributed by atoms with van der Waals surface area (Å²) in [6.45, 7) is 17.7. The Kier molecular flexibility index (Phi) is 5.79. The topological polar surface area (TPSA) is 67.5 Å². The van der Waals surface area contributed by atoms with Crippen LogP contribution in [0.25, 0.3) is 0 Å². The van der Waals surface area contributed by atoms with Crippen LogP contribution in [0.3, 0.4) is 0 Å². The van der Waals surface area contributed by atoms with Crippen molar-refractivity contribution in [2.45, 2.75) is 80.0 Å². The molecule has 4 nitrogen and oxygen atoms in total. The Bertz CT molecular complexity index is 333. The van der Waals surface area contributed by atoms with Crippen LogP contribution < -0.4 is 11.1 Å². The first-order valence-corrected chi connectivity index (χ1v) is 6.79. The number of hydrogen-bond donors (Lipinski definition) is 3. The smallest absolute Gasteiger partial charge is 0.223 e. The summed E-state index contributed by atoms with van der Waals surface area (Å²) in [6, 6.07) is 0. The highest BCUT2D eigenvalue weighted by molar-refractivity contribution is 5.20. The zero-order valence-corrected chi connectivity index (χ0v) is 14.0. The third kappa shape index (κ3) is 7.06. The highest BCUT2D eigenvalue weighted by atomic mass is 16.7. The molecule has 2 unspecified atom stereocenters. The van der Waals surface area contributed by atoms with E-state index in [2.05, 4.69) is 33.0 Å². The summed E-state index contributed by atoms with van der Waals surface area (Å²) < 4.78 is 5.55. The van der Waals surface area contributed by atoms with Gasteiger partial charge >= 0.3 is 0 Å². The van der Waals surface area contributed by atoms with Crippen molar-refractivity contribution in [3.63, 3.8) is 0 Å². The molecule has 0 radical (unpaired) electrons. The fraction of sp³-hybridized carbons (Fsp3) is 0.867. The van der Waals surface area contributed by atoms with Gasteiger partial charge in [0.05, 0.1) is 11.8 Å². The van der Waals surface area contributed by atoms with Crippen molar-refractivity contribution in [2.24, 2.45) is 11.1 Å². The largest absolute Gasteiger partial charge is 0.353 e. The molecule has 0 aliphatic carbocycles. The van der Waals surface area contributed by atoms with Crippen molar-refractivity contribution < 1.29 is 9.84 Å². The number of allylic oxidation sites excluding steroid dienone is 1. The lowest BCUT2D eigenvalue weighted by Crippen LogP contribution is -2.56. The van der Waals surface area contributed by atoms with Crippen molar-refractivity contribution in [1.82, 2.24) is 5.32 Å². The van der Waals surface area contributed by atoms with Crippen molar-refractivity contribution >= 4 is 0 Å². The maximum atomic E-state index is 10.2. The fourth-order valence-corrected chi connectivity index (χ4v) is 1.85. The van der Waals surface area contributed by atoms with E-state index in [4.69, 9.17) is 10.5 Å². The molecule has 0 saturated heterocycles. The minimum atomic E-state index is -1.46. The van der Waals surface area contributed by atoms with E-state index in [1.165, 1.54) is 5.57 Å². The molecule has 0 fully saturated rings. The summed E-state index contributed by atoms with van der Waals surface area (Å²) in [5.74, 6) is -1.46. The highest BCUT2D eigenvalue weighted by Crippen LogP contribution is 2.28. The summed E-state index contributed by atoms with van der Waals surface area (Å²) in [7, 11) is 0. The van der Waals surface area contributed by atoms with Crippen LogP contribution in [0.2, 0.25) is 0 Å². The molecule has 0 aromatic rings. The average molecular weight is 272 g/mol. The Morgan fingerprint density at radius 3 is 1.79 bits per heavy atom. The van der Waals surface area contributed by atoms with Crippen molar-refractivity contribution in [3.8, 4) is 0 Å². The summed E-state index contributed by atoms with van der Waals surface area (Å²) in [5.41, 5.74) is 7.94. The van der Waals surface area contributed by atoms with Gasteiger partial charge in [0.25, 0.3) is 0 Å². The van der Waals surface area contributed by atoms with E-state index in [0.717, 1.165) is 5.57 Å². The summed E-state index contributed by atoms with van der Waals surface area (Å²) in [4.78, 5) is 0. The predicted molar refractivity (Wildman–Crippen MR) is 80.4 cm³/mol. The van der Waals surface area contributed by atoms with Gasteiger partial charge in [0.15, 0.2) is 0 Å². The molecule has 0 aliphatic rings. The van der Waals surface area contributed by atoms with Crippen LogP contribution >= 0.6 is 0 Å². The van der Waals surface area contributed by atoms with Crippen LogP contribution in [0.1, 0.15) is 62.3 Å². The Hall–Kier alpha value is -0.420. The number of hydrogen-bond acceptors (Lipinski definition) is 4. The van der Waals surface area contributed by atoms with Crippen LogP contribution in [-0.4, -0.2) is 22.8 Å². The summed E-state index contributed by atoms with van der Waals surface area (Å²) in [6.07, 6.45) is -0.448. The third-order valence-electron chi connectivity index (χ3n) is 3.11. The average Bonchev–Trinajstić information content (AvgIpc) is 2.08. The standard InChI is InChI=1S/C15H32N2O2/c1-10(11(2)13(3,4)5)12(16)17-15(9,18)19-14(6,7)8/h12,17-18H,16H2,1-9H3/b11-10+. The molecule has 0 saturated carbocycles. The normalized spacial score (nSPS) is 19.7. The molecule has 19 heavy (non-hydrogen) atoms. The van der Waals surface area contributed by atoms with Gasteiger partial charge in [0.1, 0.15) is 0 Å². The van der Waals surface area contributed by atoms with Gasteiger partial charge in [-0.05, 0) is 45.6 Å². The van der Waals surface area contributed by atoms with Gasteiger partial charge in [0.2, 0.25) is 5.91 Å². The zero-order valence-electron chi connectivity index (χ0n) is 14.0. The quantitative estimate of drug-likeness (QED) is 0.544. The first-order valence-electron chi connectivity index (χ1n) is 6.79. The van der Waals surface area contributed by atoms with Gasteiger partial charge in [0, 0.05) is 6.92 Å². The van der Waals surface area contributed by atoms with E-state index >= 15 is 0 Å². The fourth-order valence-electron chi connectivity index (χ4n) is 1.85. The van der Waals surface area contributed by atoms with Crippen LogP contribution in [0.15, 0.2) is 11.1 Å². The lowest BCUT2D eigenvalue weighted by atomic mass is 9.84. The van der Waals surface area contributed by atoms with E-state index in [-0.39, 0.29) is 5.41 Å². The molecule has 0 aromatic carbocycles. The Labute approximate surface area is 118 Å². The molecule has 0 bridgehead atoms. The molecule has 4 N–H and O–H groups in total. The van der Waals surface area contributed by atoms with Crippen molar-refractivity contribution in [2.75, 3.05) is 0 Å². The van der Waals surface area contributed by atoms with Gasteiger partial charge < -0.3 is 15.6 Å². The van der Waals surface area contributed by atoms with E-state index in [9.17, 15) is 5.11 Å². The SMILES string of the molecule is C/C(=C(/C)C(C)(C)C)C(N)NC(C)(O)OC(C)(C)C. The molecular weight excluding hydrogens is 240 g/mol. The Balaban J connectivity index is 4.92. The number of aliphatic hydroxyl groups is 1. The first kappa shape index (κ1) is 18.6. The Morgan fingerprint density at radius 2 is 1.47 bits per heavy atom. The molecule has 0 spiro atoms. The number of rotatable bonds is 4. The molecule has 0 aliphatic heterocycles. The van der Waals surface area contributed by atoms with E-state index in [1.54, 1.807) is 6.92 Å². The van der Waals surface area contributed by atoms with Gasteiger partial charge in [-0.15, -0.1) is 0 Å². The van der Waals surface area contributed by atoms with Crippen LogP contribution in [-0.2, 0) is 4.74 Å². The van der Waals surface area contributed by atoms with Crippen LogP contribution in [0, 0.1) is 5.41 Å². The molecular formula is C15H32N2O2. The molecule has 0 rings (SSSR count). The number of nitrogens with one attached hydrogen (secondary N) is 1. The first-order chi connectivity index (χ1) is 8.16. The molecule has 2 atom stereocenters. The number of nitrogens with two attached hydrogens (primary N) is 1.